The molecule has 10 heteroatoms. The molecule has 1 heterocycles. The zero-order chi connectivity index (χ0) is 22.5. The van der Waals surface area contributed by atoms with Crippen molar-refractivity contribution in [3.63, 3.8) is 0 Å². The van der Waals surface area contributed by atoms with Crippen molar-refractivity contribution in [2.75, 3.05) is 5.32 Å². The fourth-order valence-corrected chi connectivity index (χ4v) is 4.18. The fraction of sp³-hybridized carbons (Fsp3) is 0.429. The van der Waals surface area contributed by atoms with E-state index in [1.165, 1.54) is 30.5 Å². The highest BCUT2D eigenvalue weighted by atomic mass is 19.1. The monoisotopic (exact) mass is 428 g/mol. The Balaban J connectivity index is 1.76. The molecule has 0 aliphatic heterocycles. The minimum absolute atomic E-state index is 0.183. The van der Waals surface area contributed by atoms with Gasteiger partial charge in [0, 0.05) is 17.9 Å². The lowest BCUT2D eigenvalue weighted by atomic mass is 9.76. The van der Waals surface area contributed by atoms with E-state index in [2.05, 4.69) is 21.8 Å². The number of aromatic nitrogens is 2. The minimum atomic E-state index is -1.06. The van der Waals surface area contributed by atoms with Crippen molar-refractivity contribution in [3.8, 4) is 6.07 Å². The Kier molecular flexibility index (Phi) is 6.74. The molecule has 1 aromatic heterocycles. The Morgan fingerprint density at radius 2 is 2.10 bits per heavy atom. The lowest BCUT2D eigenvalue weighted by Crippen LogP contribution is -2.35. The number of anilines is 2. The summed E-state index contributed by atoms with van der Waals surface area (Å²) in [5.41, 5.74) is 6.24. The SMILES string of the molecule is CC(CC1CCC(n2cc(C(N)=O)c(Nc3ccc(F)cc3)n2)C(C#N)C1)NC(=O)O. The summed E-state index contributed by atoms with van der Waals surface area (Å²) >= 11 is 0. The highest BCUT2D eigenvalue weighted by Crippen LogP contribution is 2.39. The highest BCUT2D eigenvalue weighted by molar-refractivity contribution is 5.98. The number of benzene rings is 1. The second-order valence-electron chi connectivity index (χ2n) is 7.94. The molecule has 5 N–H and O–H groups in total. The molecular weight excluding hydrogens is 403 g/mol. The van der Waals surface area contributed by atoms with Gasteiger partial charge in [0.25, 0.3) is 5.91 Å². The van der Waals surface area contributed by atoms with Crippen molar-refractivity contribution in [1.29, 1.82) is 5.26 Å². The van der Waals surface area contributed by atoms with Gasteiger partial charge in [0.2, 0.25) is 0 Å². The van der Waals surface area contributed by atoms with Crippen molar-refractivity contribution in [1.82, 2.24) is 15.1 Å². The third-order valence-electron chi connectivity index (χ3n) is 5.59. The first-order chi connectivity index (χ1) is 14.8. The van der Waals surface area contributed by atoms with Crippen LogP contribution in [0.2, 0.25) is 0 Å². The minimum Gasteiger partial charge on any atom is -0.465 e. The smallest absolute Gasteiger partial charge is 0.404 e. The van der Waals surface area contributed by atoms with Gasteiger partial charge in [-0.1, -0.05) is 0 Å². The number of hydrogen-bond acceptors (Lipinski definition) is 5. The van der Waals surface area contributed by atoms with Crippen LogP contribution in [0.5, 0.6) is 0 Å². The number of nitriles is 1. The summed E-state index contributed by atoms with van der Waals surface area (Å²) in [6.45, 7) is 1.81. The van der Waals surface area contributed by atoms with E-state index >= 15 is 0 Å². The molecule has 1 fully saturated rings. The van der Waals surface area contributed by atoms with Crippen LogP contribution < -0.4 is 16.4 Å². The number of primary amides is 1. The first-order valence-electron chi connectivity index (χ1n) is 10.1. The number of carbonyl (C=O) groups is 2. The van der Waals surface area contributed by atoms with E-state index in [0.717, 1.165) is 6.42 Å². The van der Waals surface area contributed by atoms with Gasteiger partial charge in [-0.15, -0.1) is 0 Å². The van der Waals surface area contributed by atoms with E-state index in [1.54, 1.807) is 4.68 Å². The summed E-state index contributed by atoms with van der Waals surface area (Å²) in [5, 5.41) is 28.5. The van der Waals surface area contributed by atoms with Crippen LogP contribution in [0.3, 0.4) is 0 Å². The van der Waals surface area contributed by atoms with Gasteiger partial charge in [0.05, 0.1) is 18.0 Å². The fourth-order valence-electron chi connectivity index (χ4n) is 4.18. The number of halogens is 1. The number of nitrogens with one attached hydrogen (secondary N) is 2. The Hall–Kier alpha value is -3.61. The quantitative estimate of drug-likeness (QED) is 0.532. The van der Waals surface area contributed by atoms with Gasteiger partial charge < -0.3 is 21.5 Å². The molecule has 0 radical (unpaired) electrons. The van der Waals surface area contributed by atoms with Crippen LogP contribution in [0.4, 0.5) is 20.7 Å². The summed E-state index contributed by atoms with van der Waals surface area (Å²) in [5.74, 6) is -0.919. The average molecular weight is 428 g/mol. The first-order valence-corrected chi connectivity index (χ1v) is 10.1. The number of nitrogens with two attached hydrogens (primary N) is 1. The number of carboxylic acid groups (broad SMARTS) is 1. The van der Waals surface area contributed by atoms with E-state index < -0.39 is 12.0 Å². The second kappa shape index (κ2) is 9.47. The molecule has 1 aromatic carbocycles. The molecule has 164 valence electrons. The molecular formula is C21H25FN6O3. The Morgan fingerprint density at radius 3 is 2.71 bits per heavy atom. The van der Waals surface area contributed by atoms with E-state index in [1.807, 2.05) is 6.92 Å². The van der Waals surface area contributed by atoms with Crippen molar-refractivity contribution < 1.29 is 19.1 Å². The summed E-state index contributed by atoms with van der Waals surface area (Å²) in [7, 11) is 0. The largest absolute Gasteiger partial charge is 0.465 e. The molecule has 31 heavy (non-hydrogen) atoms. The van der Waals surface area contributed by atoms with Gasteiger partial charge in [-0.25, -0.2) is 9.18 Å². The van der Waals surface area contributed by atoms with Crippen molar-refractivity contribution in [2.45, 2.75) is 44.7 Å². The second-order valence-corrected chi connectivity index (χ2v) is 7.94. The Morgan fingerprint density at radius 1 is 1.39 bits per heavy atom. The van der Waals surface area contributed by atoms with Crippen LogP contribution in [-0.2, 0) is 0 Å². The van der Waals surface area contributed by atoms with Gasteiger partial charge in [0.1, 0.15) is 11.4 Å². The Labute approximate surface area is 179 Å². The van der Waals surface area contributed by atoms with E-state index in [0.29, 0.717) is 24.9 Å². The van der Waals surface area contributed by atoms with Crippen LogP contribution in [0.15, 0.2) is 30.5 Å². The molecule has 1 aliphatic rings. The molecule has 4 atom stereocenters. The highest BCUT2D eigenvalue weighted by Gasteiger charge is 2.34. The standard InChI is InChI=1S/C21H25FN6O3/c1-12(25-21(30)31)8-13-2-7-18(14(9-13)10-23)28-11-17(19(24)29)20(27-28)26-16-5-3-15(22)4-6-16/h3-6,11-14,18,25H,2,7-9H2,1H3,(H2,24,29)(H,26,27)(H,30,31). The number of rotatable bonds is 7. The van der Waals surface area contributed by atoms with Gasteiger partial charge in [-0.3, -0.25) is 9.48 Å². The lowest BCUT2D eigenvalue weighted by molar-refractivity contribution is 0.100. The number of amides is 2. The van der Waals surface area contributed by atoms with Crippen molar-refractivity contribution in [3.05, 3.63) is 41.8 Å². The van der Waals surface area contributed by atoms with Gasteiger partial charge in [0.15, 0.2) is 5.82 Å². The van der Waals surface area contributed by atoms with Crippen LogP contribution in [-0.4, -0.2) is 32.9 Å². The molecule has 0 bridgehead atoms. The van der Waals surface area contributed by atoms with Crippen LogP contribution in [0.25, 0.3) is 0 Å². The van der Waals surface area contributed by atoms with Gasteiger partial charge in [-0.2, -0.15) is 10.4 Å². The molecule has 2 amide bonds. The third-order valence-corrected chi connectivity index (χ3v) is 5.59. The van der Waals surface area contributed by atoms with Crippen LogP contribution in [0.1, 0.15) is 49.0 Å². The zero-order valence-electron chi connectivity index (χ0n) is 17.1. The summed E-state index contributed by atoms with van der Waals surface area (Å²) < 4.78 is 14.8. The molecule has 1 saturated carbocycles. The summed E-state index contributed by atoms with van der Waals surface area (Å²) in [6, 6.07) is 7.53. The van der Waals surface area contributed by atoms with Gasteiger partial charge in [-0.05, 0) is 62.8 Å². The maximum Gasteiger partial charge on any atom is 0.404 e. The predicted molar refractivity (Wildman–Crippen MR) is 111 cm³/mol. The van der Waals surface area contributed by atoms with E-state index in [9.17, 15) is 19.2 Å². The van der Waals surface area contributed by atoms with Crippen LogP contribution >= 0.6 is 0 Å². The molecule has 9 nitrogen and oxygen atoms in total. The maximum atomic E-state index is 13.1. The first kappa shape index (κ1) is 22.1. The molecule has 0 saturated heterocycles. The molecule has 2 aromatic rings. The van der Waals surface area contributed by atoms with Crippen LogP contribution in [0, 0.1) is 29.0 Å². The number of carbonyl (C=O) groups excluding carboxylic acids is 1. The Bertz CT molecular complexity index is 984. The lowest BCUT2D eigenvalue weighted by Gasteiger charge is -2.33. The summed E-state index contributed by atoms with van der Waals surface area (Å²) in [4.78, 5) is 22.7. The van der Waals surface area contributed by atoms with Crippen molar-refractivity contribution in [2.24, 2.45) is 17.6 Å². The maximum absolute atomic E-state index is 13.1. The average Bonchev–Trinajstić information content (AvgIpc) is 3.12. The number of hydrogen-bond donors (Lipinski definition) is 4. The molecule has 1 aliphatic carbocycles. The number of nitrogens with zero attached hydrogens (tertiary/aromatic N) is 3. The van der Waals surface area contributed by atoms with E-state index in [4.69, 9.17) is 10.8 Å². The molecule has 0 spiro atoms. The molecule has 4 unspecified atom stereocenters. The molecule has 3 rings (SSSR count). The van der Waals surface area contributed by atoms with Gasteiger partial charge >= 0.3 is 6.09 Å². The zero-order valence-corrected chi connectivity index (χ0v) is 17.1. The predicted octanol–water partition coefficient (Wildman–Crippen LogP) is 3.39. The summed E-state index contributed by atoms with van der Waals surface area (Å²) in [6.07, 6.45) is 3.21. The topological polar surface area (TPSA) is 146 Å². The third kappa shape index (κ3) is 5.51. The van der Waals surface area contributed by atoms with E-state index in [-0.39, 0.29) is 41.1 Å². The normalized spacial score (nSPS) is 21.6. The van der Waals surface area contributed by atoms with Crippen molar-refractivity contribution >= 4 is 23.5 Å².